The van der Waals surface area contributed by atoms with Crippen LogP contribution in [0.1, 0.15) is 41.6 Å². The van der Waals surface area contributed by atoms with Gasteiger partial charge in [-0.2, -0.15) is 5.10 Å². The van der Waals surface area contributed by atoms with E-state index >= 15 is 0 Å². The first-order valence-electron chi connectivity index (χ1n) is 8.70. The molecule has 0 saturated heterocycles. The van der Waals surface area contributed by atoms with Gasteiger partial charge in [-0.1, -0.05) is 42.3 Å². The van der Waals surface area contributed by atoms with E-state index in [1.165, 1.54) is 6.21 Å². The van der Waals surface area contributed by atoms with Gasteiger partial charge in [0.15, 0.2) is 0 Å². The number of phenolic OH excluding ortho intramolecular Hbond substituents is 1. The van der Waals surface area contributed by atoms with Crippen LogP contribution < -0.4 is 10.7 Å². The molecule has 0 aliphatic rings. The lowest BCUT2D eigenvalue weighted by Gasteiger charge is -2.06. The minimum Gasteiger partial charge on any atom is -0.507 e. The quantitative estimate of drug-likeness (QED) is 0.349. The highest BCUT2D eigenvalue weighted by Crippen LogP contribution is 2.14. The van der Waals surface area contributed by atoms with Gasteiger partial charge in [0.05, 0.1) is 16.8 Å². The largest absolute Gasteiger partial charge is 0.507 e. The highest BCUT2D eigenvalue weighted by Gasteiger charge is 2.08. The van der Waals surface area contributed by atoms with Crippen molar-refractivity contribution in [2.45, 2.75) is 25.7 Å². The van der Waals surface area contributed by atoms with Crippen LogP contribution in [0.2, 0.25) is 5.02 Å². The second-order valence-electron chi connectivity index (χ2n) is 5.90. The molecule has 0 spiro atoms. The van der Waals surface area contributed by atoms with Crippen molar-refractivity contribution in [1.82, 2.24) is 10.7 Å². The molecule has 2 aromatic rings. The van der Waals surface area contributed by atoms with Gasteiger partial charge in [-0.3, -0.25) is 9.59 Å². The summed E-state index contributed by atoms with van der Waals surface area (Å²) in [6.07, 6.45) is 4.01. The summed E-state index contributed by atoms with van der Waals surface area (Å²) in [5, 5.41) is 16.7. The second-order valence-corrected chi connectivity index (χ2v) is 6.31. The number of hydrogen-bond acceptors (Lipinski definition) is 4. The van der Waals surface area contributed by atoms with Crippen molar-refractivity contribution < 1.29 is 14.7 Å². The van der Waals surface area contributed by atoms with Crippen molar-refractivity contribution >= 4 is 29.6 Å². The van der Waals surface area contributed by atoms with E-state index in [0.717, 1.165) is 12.8 Å². The smallest absolute Gasteiger partial charge is 0.252 e. The van der Waals surface area contributed by atoms with E-state index < -0.39 is 0 Å². The summed E-state index contributed by atoms with van der Waals surface area (Å²) < 4.78 is 0. The van der Waals surface area contributed by atoms with E-state index in [1.807, 2.05) is 0 Å². The fourth-order valence-corrected chi connectivity index (χ4v) is 2.58. The molecule has 0 atom stereocenters. The van der Waals surface area contributed by atoms with Gasteiger partial charge in [-0.15, -0.1) is 0 Å². The number of benzene rings is 2. The van der Waals surface area contributed by atoms with Crippen molar-refractivity contribution in [2.24, 2.45) is 5.10 Å². The molecule has 2 amide bonds. The molecule has 0 aromatic heterocycles. The lowest BCUT2D eigenvalue weighted by molar-refractivity contribution is -0.121. The minimum atomic E-state index is -0.197. The van der Waals surface area contributed by atoms with Crippen molar-refractivity contribution in [3.63, 3.8) is 0 Å². The summed E-state index contributed by atoms with van der Waals surface area (Å²) in [5.41, 5.74) is 3.42. The first-order valence-corrected chi connectivity index (χ1v) is 9.08. The number of nitrogens with zero attached hydrogens (tertiary/aromatic N) is 1. The van der Waals surface area contributed by atoms with Crippen LogP contribution in [0.5, 0.6) is 5.75 Å². The zero-order valence-electron chi connectivity index (χ0n) is 14.8. The maximum absolute atomic E-state index is 12.0. The first kappa shape index (κ1) is 20.5. The van der Waals surface area contributed by atoms with Gasteiger partial charge in [0.2, 0.25) is 5.91 Å². The Morgan fingerprint density at radius 2 is 1.78 bits per heavy atom. The number of amides is 2. The van der Waals surface area contributed by atoms with Gasteiger partial charge in [0.25, 0.3) is 5.91 Å². The lowest BCUT2D eigenvalue weighted by atomic mass is 10.1. The molecule has 27 heavy (non-hydrogen) atoms. The molecule has 0 saturated carbocycles. The third-order valence-electron chi connectivity index (χ3n) is 3.81. The van der Waals surface area contributed by atoms with Crippen molar-refractivity contribution in [3.05, 3.63) is 64.7 Å². The van der Waals surface area contributed by atoms with E-state index in [1.54, 1.807) is 48.5 Å². The Bertz CT molecular complexity index is 809. The molecule has 0 aliphatic carbocycles. The molecule has 7 heteroatoms. The predicted octanol–water partition coefficient (Wildman–Crippen LogP) is 3.49. The van der Waals surface area contributed by atoms with E-state index in [-0.39, 0.29) is 17.6 Å². The van der Waals surface area contributed by atoms with Crippen LogP contribution in [-0.4, -0.2) is 29.7 Å². The van der Waals surface area contributed by atoms with Crippen molar-refractivity contribution in [3.8, 4) is 5.75 Å². The maximum atomic E-state index is 12.0. The van der Waals surface area contributed by atoms with Crippen LogP contribution >= 0.6 is 11.6 Å². The monoisotopic (exact) mass is 387 g/mol. The molecule has 2 aromatic carbocycles. The topological polar surface area (TPSA) is 90.8 Å². The molecule has 0 fully saturated rings. The zero-order valence-corrected chi connectivity index (χ0v) is 15.6. The van der Waals surface area contributed by atoms with Gasteiger partial charge in [0.1, 0.15) is 5.75 Å². The Labute approximate surface area is 163 Å². The molecular weight excluding hydrogens is 366 g/mol. The van der Waals surface area contributed by atoms with Gasteiger partial charge in [0, 0.05) is 18.5 Å². The predicted molar refractivity (Wildman–Crippen MR) is 106 cm³/mol. The Morgan fingerprint density at radius 3 is 2.56 bits per heavy atom. The third kappa shape index (κ3) is 7.11. The van der Waals surface area contributed by atoms with Crippen LogP contribution in [0.15, 0.2) is 53.6 Å². The molecule has 3 N–H and O–H groups in total. The standard InChI is InChI=1S/C20H22ClN3O3/c21-17-10-5-4-9-16(17)20(27)22-13-7-1-2-12-19(26)24-23-14-15-8-3-6-11-18(15)25/h3-6,8-11,14,25H,1-2,7,12-13H2,(H,22,27)(H,24,26). The molecule has 0 aliphatic heterocycles. The maximum Gasteiger partial charge on any atom is 0.252 e. The Morgan fingerprint density at radius 1 is 1.04 bits per heavy atom. The van der Waals surface area contributed by atoms with Crippen LogP contribution in [0.4, 0.5) is 0 Å². The minimum absolute atomic E-state index is 0.106. The molecule has 142 valence electrons. The highest BCUT2D eigenvalue weighted by atomic mass is 35.5. The van der Waals surface area contributed by atoms with Crippen LogP contribution in [0.3, 0.4) is 0 Å². The number of unbranched alkanes of at least 4 members (excludes halogenated alkanes) is 2. The first-order chi connectivity index (χ1) is 13.1. The van der Waals surface area contributed by atoms with Gasteiger partial charge >= 0.3 is 0 Å². The molecule has 0 radical (unpaired) electrons. The number of halogens is 1. The number of phenols is 1. The summed E-state index contributed by atoms with van der Waals surface area (Å²) in [4.78, 5) is 23.7. The van der Waals surface area contributed by atoms with Crippen LogP contribution in [-0.2, 0) is 4.79 Å². The fourth-order valence-electron chi connectivity index (χ4n) is 2.36. The van der Waals surface area contributed by atoms with E-state index in [9.17, 15) is 14.7 Å². The molecule has 6 nitrogen and oxygen atoms in total. The summed E-state index contributed by atoms with van der Waals surface area (Å²) in [6, 6.07) is 13.6. The van der Waals surface area contributed by atoms with Crippen molar-refractivity contribution in [2.75, 3.05) is 6.54 Å². The van der Waals surface area contributed by atoms with Gasteiger partial charge < -0.3 is 10.4 Å². The number of carbonyl (C=O) groups is 2. The van der Waals surface area contributed by atoms with Crippen LogP contribution in [0.25, 0.3) is 0 Å². The summed E-state index contributed by atoms with van der Waals surface area (Å²) in [7, 11) is 0. The summed E-state index contributed by atoms with van der Waals surface area (Å²) in [6.45, 7) is 0.525. The van der Waals surface area contributed by atoms with Crippen molar-refractivity contribution in [1.29, 1.82) is 0 Å². The lowest BCUT2D eigenvalue weighted by Crippen LogP contribution is -2.24. The highest BCUT2D eigenvalue weighted by molar-refractivity contribution is 6.33. The van der Waals surface area contributed by atoms with Crippen LogP contribution in [0, 0.1) is 0 Å². The fraction of sp³-hybridized carbons (Fsp3) is 0.250. The number of rotatable bonds is 9. The Kier molecular flexibility index (Phi) is 8.32. The number of aromatic hydroxyl groups is 1. The third-order valence-corrected chi connectivity index (χ3v) is 4.14. The molecule has 0 heterocycles. The number of nitrogens with one attached hydrogen (secondary N) is 2. The number of carbonyl (C=O) groups excluding carboxylic acids is 2. The number of hydrazone groups is 1. The number of para-hydroxylation sites is 1. The molecule has 0 bridgehead atoms. The van der Waals surface area contributed by atoms with E-state index in [2.05, 4.69) is 15.8 Å². The summed E-state index contributed by atoms with van der Waals surface area (Å²) >= 11 is 5.98. The number of hydrogen-bond donors (Lipinski definition) is 3. The van der Waals surface area contributed by atoms with Gasteiger partial charge in [-0.05, 0) is 37.1 Å². The second kappa shape index (κ2) is 11.0. The molecular formula is C20H22ClN3O3. The Hall–Kier alpha value is -2.86. The molecule has 2 rings (SSSR count). The van der Waals surface area contributed by atoms with E-state index in [0.29, 0.717) is 35.5 Å². The average Bonchev–Trinajstić information content (AvgIpc) is 2.66. The SMILES string of the molecule is O=C(CCCCCNC(=O)c1ccccc1Cl)NN=Cc1ccccc1O. The zero-order chi connectivity index (χ0) is 19.5. The van der Waals surface area contributed by atoms with Gasteiger partial charge in [-0.25, -0.2) is 5.43 Å². The summed E-state index contributed by atoms with van der Waals surface area (Å²) in [5.74, 6) is -0.284. The Balaban J connectivity index is 1.57. The average molecular weight is 388 g/mol. The van der Waals surface area contributed by atoms with E-state index in [4.69, 9.17) is 11.6 Å². The normalized spacial score (nSPS) is 10.7. The molecule has 0 unspecified atom stereocenters.